The average molecular weight is 273 g/mol. The monoisotopic (exact) mass is 274 g/mol. The summed E-state index contributed by atoms with van der Waals surface area (Å²) in [5.74, 6) is 0. The molecule has 0 aliphatic rings. The van der Waals surface area contributed by atoms with Crippen LogP contribution in [0.5, 0.6) is 0 Å². The van der Waals surface area contributed by atoms with Gasteiger partial charge in [0.2, 0.25) is 0 Å². The van der Waals surface area contributed by atoms with Gasteiger partial charge in [-0.3, -0.25) is 0 Å². The molecule has 0 amide bonds. The molecule has 1 N–H and O–H groups in total. The second-order valence-corrected chi connectivity index (χ2v) is 3.38. The molecular weight excluding hydrogens is 255 g/mol. The van der Waals surface area contributed by atoms with E-state index in [0.717, 1.165) is 12.8 Å². The van der Waals surface area contributed by atoms with Crippen LogP contribution in [0.4, 0.5) is 0 Å². The number of aliphatic hydroxyl groups is 1. The summed E-state index contributed by atoms with van der Waals surface area (Å²) < 4.78 is 0. The van der Waals surface area contributed by atoms with Crippen molar-refractivity contribution in [1.29, 1.82) is 0 Å². The van der Waals surface area contributed by atoms with Gasteiger partial charge in [-0.05, 0) is 33.6 Å². The fourth-order valence-electron chi connectivity index (χ4n) is 0.755. The first-order chi connectivity index (χ1) is 4.98. The third kappa shape index (κ3) is 8.34. The van der Waals surface area contributed by atoms with Gasteiger partial charge in [0.25, 0.3) is 0 Å². The van der Waals surface area contributed by atoms with Gasteiger partial charge in [-0.2, -0.15) is 0 Å². The minimum absolute atomic E-state index is 0. The van der Waals surface area contributed by atoms with E-state index >= 15 is 0 Å². The van der Waals surface area contributed by atoms with Crippen molar-refractivity contribution < 1.29 is 5.11 Å². The summed E-state index contributed by atoms with van der Waals surface area (Å²) >= 11 is 0. The van der Waals surface area contributed by atoms with Crippen molar-refractivity contribution in [2.24, 2.45) is 0 Å². The van der Waals surface area contributed by atoms with E-state index in [0.29, 0.717) is 0 Å². The number of hydrogen-bond donors (Lipinski definition) is 1. The Labute approximate surface area is 92.5 Å². The molecule has 0 aliphatic heterocycles. The van der Waals surface area contributed by atoms with Gasteiger partial charge in [-0.1, -0.05) is 17.7 Å². The molecule has 0 saturated heterocycles. The predicted molar refractivity (Wildman–Crippen MR) is 55.2 cm³/mol. The van der Waals surface area contributed by atoms with E-state index in [4.69, 9.17) is 0 Å². The zero-order chi connectivity index (χ0) is 8.91. The van der Waals surface area contributed by atoms with Gasteiger partial charge in [-0.25, -0.2) is 0 Å². The Balaban J connectivity index is 0. The van der Waals surface area contributed by atoms with Crippen molar-refractivity contribution in [1.82, 2.24) is 0 Å². The van der Waals surface area contributed by atoms with Crippen LogP contribution in [0.15, 0.2) is 24.3 Å². The molecule has 0 rings (SSSR count). The molecule has 1 unspecified atom stereocenters. The number of rotatable bonds is 4. The molecular formula is C10H18OSn. The fraction of sp³-hybridized carbons (Fsp3) is 0.600. The minimum Gasteiger partial charge on any atom is -0.386 e. The van der Waals surface area contributed by atoms with Crippen molar-refractivity contribution in [3.8, 4) is 0 Å². The van der Waals surface area contributed by atoms with Crippen LogP contribution in [0.1, 0.15) is 33.6 Å². The Kier molecular flexibility index (Phi) is 8.26. The van der Waals surface area contributed by atoms with Gasteiger partial charge in [0.05, 0.1) is 5.60 Å². The summed E-state index contributed by atoms with van der Waals surface area (Å²) in [6, 6.07) is 0. The van der Waals surface area contributed by atoms with E-state index in [2.05, 4.69) is 26.5 Å². The van der Waals surface area contributed by atoms with Crippen LogP contribution in [-0.2, 0) is 0 Å². The molecule has 0 fully saturated rings. The third-order valence-electron chi connectivity index (χ3n) is 1.64. The predicted octanol–water partition coefficient (Wildman–Crippen LogP) is 2.29. The molecule has 0 saturated carbocycles. The SMILES string of the molecule is C=CC(C)(O)CCC=C(C)C.[Sn]. The molecule has 2 heteroatoms. The van der Waals surface area contributed by atoms with Crippen LogP contribution in [0.2, 0.25) is 0 Å². The topological polar surface area (TPSA) is 20.2 Å². The van der Waals surface area contributed by atoms with Gasteiger partial charge in [0, 0.05) is 23.9 Å². The molecule has 1 nitrogen and oxygen atoms in total. The van der Waals surface area contributed by atoms with E-state index in [1.54, 1.807) is 13.0 Å². The molecule has 1 atom stereocenters. The van der Waals surface area contributed by atoms with Gasteiger partial charge < -0.3 is 5.11 Å². The summed E-state index contributed by atoms with van der Waals surface area (Å²) in [7, 11) is 0. The Morgan fingerprint density at radius 3 is 2.33 bits per heavy atom. The Morgan fingerprint density at radius 1 is 1.50 bits per heavy atom. The van der Waals surface area contributed by atoms with Crippen LogP contribution >= 0.6 is 0 Å². The zero-order valence-electron chi connectivity index (χ0n) is 8.22. The molecule has 0 heterocycles. The Morgan fingerprint density at radius 2 is 2.00 bits per heavy atom. The van der Waals surface area contributed by atoms with E-state index in [1.807, 2.05) is 0 Å². The largest absolute Gasteiger partial charge is 0.386 e. The minimum atomic E-state index is -0.702. The van der Waals surface area contributed by atoms with Crippen molar-refractivity contribution >= 4 is 23.9 Å². The number of hydrogen-bond acceptors (Lipinski definition) is 1. The number of allylic oxidation sites excluding steroid dienone is 2. The molecule has 0 aromatic carbocycles. The zero-order valence-corrected chi connectivity index (χ0v) is 11.1. The van der Waals surface area contributed by atoms with Crippen LogP contribution in [0.25, 0.3) is 0 Å². The molecule has 0 aromatic rings. The van der Waals surface area contributed by atoms with E-state index < -0.39 is 5.60 Å². The normalized spacial score (nSPS) is 14.0. The smallest absolute Gasteiger partial charge is 0.0800 e. The second kappa shape index (κ2) is 6.72. The van der Waals surface area contributed by atoms with Gasteiger partial charge >= 0.3 is 0 Å². The summed E-state index contributed by atoms with van der Waals surface area (Å²) in [5, 5.41) is 9.49. The van der Waals surface area contributed by atoms with Crippen LogP contribution in [-0.4, -0.2) is 34.6 Å². The van der Waals surface area contributed by atoms with Crippen LogP contribution in [0, 0.1) is 0 Å². The molecule has 0 spiro atoms. The van der Waals surface area contributed by atoms with Crippen LogP contribution < -0.4 is 0 Å². The first-order valence-electron chi connectivity index (χ1n) is 3.97. The van der Waals surface area contributed by atoms with E-state index in [-0.39, 0.29) is 23.9 Å². The first kappa shape index (κ1) is 14.7. The molecule has 0 aromatic heterocycles. The van der Waals surface area contributed by atoms with E-state index in [1.165, 1.54) is 5.57 Å². The van der Waals surface area contributed by atoms with Crippen molar-refractivity contribution in [3.05, 3.63) is 24.3 Å². The first-order valence-corrected chi connectivity index (χ1v) is 3.97. The van der Waals surface area contributed by atoms with Gasteiger partial charge in [0.1, 0.15) is 0 Å². The average Bonchev–Trinajstić information content (AvgIpc) is 1.87. The van der Waals surface area contributed by atoms with Crippen molar-refractivity contribution in [2.45, 2.75) is 39.2 Å². The molecule has 12 heavy (non-hydrogen) atoms. The Bertz CT molecular complexity index is 155. The third-order valence-corrected chi connectivity index (χ3v) is 1.64. The maximum absolute atomic E-state index is 9.49. The van der Waals surface area contributed by atoms with Gasteiger partial charge in [-0.15, -0.1) is 6.58 Å². The molecule has 4 radical (unpaired) electrons. The summed E-state index contributed by atoms with van der Waals surface area (Å²) in [5.41, 5.74) is 0.594. The molecule has 0 bridgehead atoms. The maximum Gasteiger partial charge on any atom is 0.0800 e. The second-order valence-electron chi connectivity index (χ2n) is 3.38. The van der Waals surface area contributed by atoms with Crippen molar-refractivity contribution in [3.63, 3.8) is 0 Å². The molecule has 68 valence electrons. The Hall–Kier alpha value is 0.239. The quantitative estimate of drug-likeness (QED) is 0.615. The summed E-state index contributed by atoms with van der Waals surface area (Å²) in [4.78, 5) is 0. The maximum atomic E-state index is 9.49. The summed E-state index contributed by atoms with van der Waals surface area (Å²) in [6.45, 7) is 9.45. The van der Waals surface area contributed by atoms with Crippen LogP contribution in [0.3, 0.4) is 0 Å². The van der Waals surface area contributed by atoms with Gasteiger partial charge in [0.15, 0.2) is 0 Å². The summed E-state index contributed by atoms with van der Waals surface area (Å²) in [6.07, 6.45) is 5.38. The molecule has 0 aliphatic carbocycles. The van der Waals surface area contributed by atoms with E-state index in [9.17, 15) is 5.11 Å². The van der Waals surface area contributed by atoms with Crippen molar-refractivity contribution in [2.75, 3.05) is 0 Å². The fourth-order valence-corrected chi connectivity index (χ4v) is 0.755. The standard InChI is InChI=1S/C10H18O.Sn/c1-5-10(4,11)8-6-7-9(2)3;/h5,7,11H,1,6,8H2,2-4H3;.